The summed E-state index contributed by atoms with van der Waals surface area (Å²) in [6.45, 7) is 12.4. The van der Waals surface area contributed by atoms with Crippen molar-refractivity contribution < 1.29 is 19.5 Å². The first-order valence-corrected chi connectivity index (χ1v) is 19.0. The number of likely N-dealkylation sites (tertiary alicyclic amines) is 1. The van der Waals surface area contributed by atoms with Crippen LogP contribution in [0.15, 0.2) is 102 Å². The Hall–Kier alpha value is -4.25. The first kappa shape index (κ1) is 39.0. The molecular weight excluding hydrogens is 671 g/mol. The van der Waals surface area contributed by atoms with Crippen molar-refractivity contribution in [3.8, 4) is 0 Å². The zero-order valence-electron chi connectivity index (χ0n) is 31.1. The van der Waals surface area contributed by atoms with Crippen LogP contribution in [-0.2, 0) is 16.0 Å². The highest BCUT2D eigenvalue weighted by Gasteiger charge is 2.39. The minimum absolute atomic E-state index is 0.0699. The van der Waals surface area contributed by atoms with Gasteiger partial charge in [-0.25, -0.2) is 4.98 Å². The van der Waals surface area contributed by atoms with Crippen LogP contribution in [0.25, 0.3) is 10.9 Å². The van der Waals surface area contributed by atoms with E-state index in [2.05, 4.69) is 38.0 Å². The van der Waals surface area contributed by atoms with Crippen molar-refractivity contribution >= 4 is 40.4 Å². The van der Waals surface area contributed by atoms with Crippen LogP contribution in [0.4, 0.5) is 0 Å². The second-order valence-corrected chi connectivity index (χ2v) is 17.2. The molecule has 2 unspecified atom stereocenters. The number of para-hydroxylation sites is 1. The van der Waals surface area contributed by atoms with Gasteiger partial charge < -0.3 is 21.1 Å². The fourth-order valence-electron chi connectivity index (χ4n) is 6.58. The van der Waals surface area contributed by atoms with Gasteiger partial charge in [-0.1, -0.05) is 93.6 Å². The number of nitrogens with one attached hydrogen (secondary N) is 3. The molecule has 1 saturated heterocycles. The molecule has 1 aliphatic rings. The molecule has 276 valence electrons. The quantitative estimate of drug-likeness (QED) is 0.141. The number of rotatable bonds is 12. The molecule has 1 aliphatic heterocycles. The Bertz CT molecular complexity index is 1810. The van der Waals surface area contributed by atoms with Crippen LogP contribution >= 0.6 is 11.8 Å². The summed E-state index contributed by atoms with van der Waals surface area (Å²) in [6, 6.07) is 28.9. The van der Waals surface area contributed by atoms with Crippen molar-refractivity contribution in [3.05, 3.63) is 108 Å². The number of aliphatic hydroxyl groups is 1. The molecule has 0 spiro atoms. The molecule has 0 saturated carbocycles. The minimum Gasteiger partial charge on any atom is -0.390 e. The third-order valence-electron chi connectivity index (χ3n) is 9.26. The van der Waals surface area contributed by atoms with Gasteiger partial charge in [-0.15, -0.1) is 11.8 Å². The first-order chi connectivity index (χ1) is 24.7. The predicted octanol–water partition coefficient (Wildman–Crippen LogP) is 6.01. The molecule has 4 aromatic rings. The molecule has 0 radical (unpaired) electrons. The summed E-state index contributed by atoms with van der Waals surface area (Å²) >= 11 is 1.78. The van der Waals surface area contributed by atoms with Crippen molar-refractivity contribution in [2.45, 2.75) is 101 Å². The highest BCUT2D eigenvalue weighted by Crippen LogP contribution is 2.33. The molecular formula is C42H53N5O4S. The average molecular weight is 724 g/mol. The topological polar surface area (TPSA) is 124 Å². The third-order valence-corrected chi connectivity index (χ3v) is 10.6. The number of β-amino-alcohol motifs (C(OH)–C–C–N with tert-alkyl or cyclic N) is 1. The zero-order valence-corrected chi connectivity index (χ0v) is 32.0. The smallest absolute Gasteiger partial charge is 0.270 e. The van der Waals surface area contributed by atoms with E-state index in [-0.39, 0.29) is 23.4 Å². The summed E-state index contributed by atoms with van der Waals surface area (Å²) in [6.07, 6.45) is 0.836. The third kappa shape index (κ3) is 10.9. The average Bonchev–Trinajstić information content (AvgIpc) is 3.10. The second-order valence-electron chi connectivity index (χ2n) is 15.9. The highest BCUT2D eigenvalue weighted by molar-refractivity contribution is 8.00. The van der Waals surface area contributed by atoms with Gasteiger partial charge in [0.15, 0.2) is 0 Å². The molecule has 3 amide bonds. The summed E-state index contributed by atoms with van der Waals surface area (Å²) in [5.74, 6) is -0.925. The molecule has 9 nitrogen and oxygen atoms in total. The van der Waals surface area contributed by atoms with Crippen LogP contribution in [0.3, 0.4) is 0 Å². The van der Waals surface area contributed by atoms with Gasteiger partial charge in [-0.05, 0) is 75.3 Å². The van der Waals surface area contributed by atoms with Crippen LogP contribution in [0, 0.1) is 5.41 Å². The molecule has 4 N–H and O–H groups in total. The van der Waals surface area contributed by atoms with Gasteiger partial charge >= 0.3 is 0 Å². The van der Waals surface area contributed by atoms with Gasteiger partial charge in [-0.2, -0.15) is 0 Å². The standard InChI is InChI=1S/C42H53N5O4S/c1-41(2,3)37(45-38(49)33-22-21-29-17-13-14-20-32(29)43-33)40(51)44-34(25-28-15-9-7-10-16-28)36(48)27-47-24-23-31(52-30-18-11-8-12-19-30)26-35(47)39(50)46-42(4,5)6/h7-22,31,34-37,48H,23-27H2,1-6H3,(H,44,51)(H,45,49)(H,46,50)/t31-,34+,35?,36-,37?/m1/s1. The number of benzene rings is 3. The molecule has 5 atom stereocenters. The van der Waals surface area contributed by atoms with E-state index in [0.717, 1.165) is 17.4 Å². The van der Waals surface area contributed by atoms with Crippen molar-refractivity contribution in [3.63, 3.8) is 0 Å². The molecule has 5 rings (SSSR count). The van der Waals surface area contributed by atoms with E-state index >= 15 is 0 Å². The van der Waals surface area contributed by atoms with Crippen molar-refractivity contribution in [1.29, 1.82) is 0 Å². The van der Waals surface area contributed by atoms with E-state index in [1.165, 1.54) is 4.90 Å². The van der Waals surface area contributed by atoms with Crippen LogP contribution < -0.4 is 16.0 Å². The van der Waals surface area contributed by atoms with Crippen molar-refractivity contribution in [2.75, 3.05) is 13.1 Å². The van der Waals surface area contributed by atoms with Gasteiger partial charge in [0.05, 0.1) is 23.7 Å². The van der Waals surface area contributed by atoms with E-state index in [0.29, 0.717) is 24.9 Å². The number of hydrogen-bond acceptors (Lipinski definition) is 7. The number of thioether (sulfide) groups is 1. The Kier molecular flexibility index (Phi) is 12.8. The summed E-state index contributed by atoms with van der Waals surface area (Å²) in [7, 11) is 0. The van der Waals surface area contributed by atoms with E-state index in [9.17, 15) is 19.5 Å². The second kappa shape index (κ2) is 17.1. The first-order valence-electron chi connectivity index (χ1n) is 18.1. The van der Waals surface area contributed by atoms with E-state index < -0.39 is 47.0 Å². The largest absolute Gasteiger partial charge is 0.390 e. The Morgan fingerprint density at radius 2 is 1.52 bits per heavy atom. The fraction of sp³-hybridized carbons (Fsp3) is 0.429. The highest BCUT2D eigenvalue weighted by atomic mass is 32.2. The number of aliphatic hydroxyl groups excluding tert-OH is 1. The molecule has 3 aromatic carbocycles. The summed E-state index contributed by atoms with van der Waals surface area (Å²) in [5, 5.41) is 22.3. The molecule has 1 aromatic heterocycles. The summed E-state index contributed by atoms with van der Waals surface area (Å²) < 4.78 is 0. The fourth-order valence-corrected chi connectivity index (χ4v) is 7.78. The molecule has 52 heavy (non-hydrogen) atoms. The Labute approximate surface area is 312 Å². The van der Waals surface area contributed by atoms with Crippen LogP contribution in [-0.4, -0.2) is 80.8 Å². The lowest BCUT2D eigenvalue weighted by Gasteiger charge is -2.41. The summed E-state index contributed by atoms with van der Waals surface area (Å²) in [4.78, 5) is 49.2. The molecule has 1 fully saturated rings. The van der Waals surface area contributed by atoms with Crippen LogP contribution in [0.2, 0.25) is 0 Å². The number of pyridine rings is 1. The molecule has 10 heteroatoms. The number of aromatic nitrogens is 1. The number of nitrogens with zero attached hydrogens (tertiary/aromatic N) is 2. The molecule has 0 bridgehead atoms. The number of carbonyl (C=O) groups excluding carboxylic acids is 3. The number of carbonyl (C=O) groups is 3. The van der Waals surface area contributed by atoms with Gasteiger partial charge in [0.2, 0.25) is 11.8 Å². The summed E-state index contributed by atoms with van der Waals surface area (Å²) in [5.41, 5.74) is 0.779. The monoisotopic (exact) mass is 723 g/mol. The maximum absolute atomic E-state index is 14.2. The van der Waals surface area contributed by atoms with Crippen LogP contribution in [0.5, 0.6) is 0 Å². The van der Waals surface area contributed by atoms with Crippen molar-refractivity contribution in [1.82, 2.24) is 25.8 Å². The van der Waals surface area contributed by atoms with Gasteiger partial charge in [-0.3, -0.25) is 19.3 Å². The number of amides is 3. The maximum Gasteiger partial charge on any atom is 0.270 e. The lowest BCUT2D eigenvalue weighted by atomic mass is 9.85. The maximum atomic E-state index is 14.2. The van der Waals surface area contributed by atoms with E-state index in [4.69, 9.17) is 0 Å². The molecule has 0 aliphatic carbocycles. The Morgan fingerprint density at radius 3 is 2.19 bits per heavy atom. The lowest BCUT2D eigenvalue weighted by Crippen LogP contribution is -2.61. The van der Waals surface area contributed by atoms with E-state index in [1.807, 2.05) is 120 Å². The Balaban J connectivity index is 1.35. The van der Waals surface area contributed by atoms with Gasteiger partial charge in [0.25, 0.3) is 5.91 Å². The number of hydrogen-bond donors (Lipinski definition) is 4. The molecule has 2 heterocycles. The number of piperidine rings is 1. The number of fused-ring (bicyclic) bond motifs is 1. The van der Waals surface area contributed by atoms with Crippen molar-refractivity contribution in [2.24, 2.45) is 5.41 Å². The van der Waals surface area contributed by atoms with Gasteiger partial charge in [0, 0.05) is 34.2 Å². The Morgan fingerprint density at radius 1 is 0.865 bits per heavy atom. The SMILES string of the molecule is CC(C)(C)NC(=O)C1C[C@H](Sc2ccccc2)CCN1C[C@@H](O)[C@H](Cc1ccccc1)NC(=O)C(NC(=O)c1ccc2ccccc2n1)C(C)(C)C. The lowest BCUT2D eigenvalue weighted by molar-refractivity contribution is -0.131. The van der Waals surface area contributed by atoms with E-state index in [1.54, 1.807) is 17.8 Å². The van der Waals surface area contributed by atoms with Crippen LogP contribution in [0.1, 0.15) is 70.4 Å². The predicted molar refractivity (Wildman–Crippen MR) is 209 cm³/mol. The minimum atomic E-state index is -1.01. The normalized spacial score (nSPS) is 18.6. The zero-order chi connectivity index (χ0) is 37.5. The van der Waals surface area contributed by atoms with Gasteiger partial charge in [0.1, 0.15) is 11.7 Å².